The lowest BCUT2D eigenvalue weighted by Gasteiger charge is -2.29. The molecular formula is C14H30O4SSi. The van der Waals surface area contributed by atoms with Crippen LogP contribution in [0.3, 0.4) is 0 Å². The van der Waals surface area contributed by atoms with Crippen LogP contribution < -0.4 is 0 Å². The van der Waals surface area contributed by atoms with Crippen molar-refractivity contribution in [1.82, 2.24) is 0 Å². The van der Waals surface area contributed by atoms with Crippen LogP contribution in [0.4, 0.5) is 0 Å². The molecule has 0 N–H and O–H groups in total. The van der Waals surface area contributed by atoms with Gasteiger partial charge in [0.25, 0.3) is 0 Å². The van der Waals surface area contributed by atoms with E-state index in [4.69, 9.17) is 13.3 Å². The number of thioether (sulfide) groups is 1. The van der Waals surface area contributed by atoms with Gasteiger partial charge >= 0.3 is 8.80 Å². The minimum absolute atomic E-state index is 0.163. The van der Waals surface area contributed by atoms with Crippen LogP contribution in [0.5, 0.6) is 0 Å². The van der Waals surface area contributed by atoms with Crippen molar-refractivity contribution >= 4 is 25.7 Å². The third-order valence-corrected chi connectivity index (χ3v) is 6.31. The van der Waals surface area contributed by atoms with Crippen LogP contribution in [0.1, 0.15) is 53.4 Å². The Labute approximate surface area is 129 Å². The predicted octanol–water partition coefficient (Wildman–Crippen LogP) is 3.87. The summed E-state index contributed by atoms with van der Waals surface area (Å²) in [5.74, 6) is 0.810. The molecule has 0 atom stereocenters. The van der Waals surface area contributed by atoms with E-state index in [9.17, 15) is 4.79 Å². The fraction of sp³-hybridized carbons (Fsp3) is 0.929. The highest BCUT2D eigenvalue weighted by molar-refractivity contribution is 8.13. The van der Waals surface area contributed by atoms with Gasteiger partial charge in [0.15, 0.2) is 5.12 Å². The van der Waals surface area contributed by atoms with Crippen molar-refractivity contribution in [2.75, 3.05) is 25.6 Å². The van der Waals surface area contributed by atoms with Crippen LogP contribution in [0.25, 0.3) is 0 Å². The highest BCUT2D eigenvalue weighted by Gasteiger charge is 2.40. The lowest BCUT2D eigenvalue weighted by atomic mass is 10.5. The molecule has 20 heavy (non-hydrogen) atoms. The average Bonchev–Trinajstić information content (AvgIpc) is 2.44. The number of carbonyl (C=O) groups is 1. The highest BCUT2D eigenvalue weighted by atomic mass is 32.2. The van der Waals surface area contributed by atoms with E-state index in [2.05, 4.69) is 20.8 Å². The molecule has 0 aliphatic heterocycles. The lowest BCUT2D eigenvalue weighted by Crippen LogP contribution is -2.46. The van der Waals surface area contributed by atoms with E-state index >= 15 is 0 Å². The van der Waals surface area contributed by atoms with Crippen LogP contribution in [0, 0.1) is 0 Å². The summed E-state index contributed by atoms with van der Waals surface area (Å²) in [6, 6.07) is 0.799. The molecule has 4 nitrogen and oxygen atoms in total. The van der Waals surface area contributed by atoms with Crippen LogP contribution in [0.2, 0.25) is 6.04 Å². The Balaban J connectivity index is 4.44. The second kappa shape index (κ2) is 12.8. The van der Waals surface area contributed by atoms with Gasteiger partial charge in [0.1, 0.15) is 0 Å². The number of carbonyl (C=O) groups excluding carboxylic acids is 1. The molecule has 0 unspecified atom stereocenters. The summed E-state index contributed by atoms with van der Waals surface area (Å²) in [6.45, 7) is 9.90. The first-order chi connectivity index (χ1) is 9.60. The molecule has 0 rings (SSSR count). The summed E-state index contributed by atoms with van der Waals surface area (Å²) < 4.78 is 18.0. The van der Waals surface area contributed by atoms with Crippen molar-refractivity contribution in [2.24, 2.45) is 0 Å². The van der Waals surface area contributed by atoms with Gasteiger partial charge in [-0.2, -0.15) is 0 Å². The largest absolute Gasteiger partial charge is 0.500 e. The van der Waals surface area contributed by atoms with E-state index in [0.717, 1.165) is 37.5 Å². The molecular weight excluding hydrogens is 292 g/mol. The van der Waals surface area contributed by atoms with Gasteiger partial charge in [-0.15, -0.1) is 0 Å². The lowest BCUT2D eigenvalue weighted by molar-refractivity contribution is -0.109. The van der Waals surface area contributed by atoms with E-state index in [1.807, 2.05) is 0 Å². The predicted molar refractivity (Wildman–Crippen MR) is 87.0 cm³/mol. The zero-order valence-corrected chi connectivity index (χ0v) is 15.2. The maximum atomic E-state index is 11.0. The van der Waals surface area contributed by atoms with Gasteiger partial charge in [0.2, 0.25) is 0 Å². The standard InChI is InChI=1S/C14H30O4SSi/c1-5-9-16-20(17-10-6-2,18-11-7-3)13-8-12-19-14(4)15/h5-13H2,1-4H3. The summed E-state index contributed by atoms with van der Waals surface area (Å²) >= 11 is 1.36. The fourth-order valence-corrected chi connectivity index (χ4v) is 5.29. The van der Waals surface area contributed by atoms with Crippen LogP contribution in [-0.4, -0.2) is 39.5 Å². The van der Waals surface area contributed by atoms with E-state index < -0.39 is 8.80 Å². The first kappa shape index (κ1) is 20.1. The molecule has 0 saturated heterocycles. The van der Waals surface area contributed by atoms with Crippen LogP contribution in [0.15, 0.2) is 0 Å². The summed E-state index contributed by atoms with van der Waals surface area (Å²) in [6.07, 6.45) is 3.78. The Bertz CT molecular complexity index is 230. The molecule has 0 bridgehead atoms. The molecule has 0 spiro atoms. The molecule has 6 heteroatoms. The monoisotopic (exact) mass is 322 g/mol. The third-order valence-electron chi connectivity index (χ3n) is 2.51. The molecule has 120 valence electrons. The normalized spacial score (nSPS) is 11.8. The van der Waals surface area contributed by atoms with Gasteiger partial charge in [-0.1, -0.05) is 32.5 Å². The van der Waals surface area contributed by atoms with Crippen molar-refractivity contribution in [3.8, 4) is 0 Å². The molecule has 0 saturated carbocycles. The van der Waals surface area contributed by atoms with Crippen molar-refractivity contribution < 1.29 is 18.1 Å². The van der Waals surface area contributed by atoms with Crippen molar-refractivity contribution in [3.05, 3.63) is 0 Å². The molecule has 0 fully saturated rings. The number of hydrogen-bond donors (Lipinski definition) is 0. The van der Waals surface area contributed by atoms with Crippen LogP contribution >= 0.6 is 11.8 Å². The molecule has 0 aliphatic rings. The Morgan fingerprint density at radius 1 is 0.950 bits per heavy atom. The Morgan fingerprint density at radius 3 is 1.75 bits per heavy atom. The maximum Gasteiger partial charge on any atom is 0.500 e. The highest BCUT2D eigenvalue weighted by Crippen LogP contribution is 2.21. The smallest absolute Gasteiger partial charge is 0.373 e. The first-order valence-electron chi connectivity index (χ1n) is 7.65. The zero-order valence-electron chi connectivity index (χ0n) is 13.4. The van der Waals surface area contributed by atoms with Gasteiger partial charge in [0.05, 0.1) is 0 Å². The second-order valence-electron chi connectivity index (χ2n) is 4.67. The maximum absolute atomic E-state index is 11.0. The molecule has 0 aromatic rings. The number of rotatable bonds is 13. The van der Waals surface area contributed by atoms with E-state index in [-0.39, 0.29) is 5.12 Å². The third kappa shape index (κ3) is 9.93. The topological polar surface area (TPSA) is 44.8 Å². The minimum atomic E-state index is -2.56. The zero-order chi connectivity index (χ0) is 15.3. The molecule has 0 aliphatic carbocycles. The summed E-state index contributed by atoms with van der Waals surface area (Å²) in [4.78, 5) is 11.0. The van der Waals surface area contributed by atoms with E-state index in [0.29, 0.717) is 19.8 Å². The number of hydrogen-bond acceptors (Lipinski definition) is 5. The van der Waals surface area contributed by atoms with Gasteiger partial charge in [-0.25, -0.2) is 0 Å². The minimum Gasteiger partial charge on any atom is -0.373 e. The van der Waals surface area contributed by atoms with Crippen LogP contribution in [-0.2, 0) is 18.1 Å². The average molecular weight is 323 g/mol. The van der Waals surface area contributed by atoms with E-state index in [1.165, 1.54) is 11.8 Å². The Morgan fingerprint density at radius 2 is 1.40 bits per heavy atom. The summed E-state index contributed by atoms with van der Waals surface area (Å²) in [5.41, 5.74) is 0. The molecule has 0 aromatic heterocycles. The van der Waals surface area contributed by atoms with E-state index in [1.54, 1.807) is 6.92 Å². The Hall–Kier alpha value is 0.117. The van der Waals surface area contributed by atoms with Crippen molar-refractivity contribution in [3.63, 3.8) is 0 Å². The molecule has 0 aromatic carbocycles. The SMILES string of the molecule is CCCO[Si](CCCSC(C)=O)(OCCC)OCCC. The summed E-state index contributed by atoms with van der Waals surface area (Å²) in [7, 11) is -2.56. The second-order valence-corrected chi connectivity index (χ2v) is 8.68. The van der Waals surface area contributed by atoms with Gasteiger partial charge in [-0.05, 0) is 25.7 Å². The quantitative estimate of drug-likeness (QED) is 0.380. The van der Waals surface area contributed by atoms with Crippen molar-refractivity contribution in [1.29, 1.82) is 0 Å². The summed E-state index contributed by atoms with van der Waals surface area (Å²) in [5, 5.41) is 0.163. The Kier molecular flexibility index (Phi) is 12.9. The fourth-order valence-electron chi connectivity index (χ4n) is 1.62. The molecule has 0 amide bonds. The van der Waals surface area contributed by atoms with Gasteiger partial charge in [-0.3, -0.25) is 4.79 Å². The molecule has 0 radical (unpaired) electrons. The van der Waals surface area contributed by atoms with Gasteiger partial charge < -0.3 is 13.3 Å². The van der Waals surface area contributed by atoms with Gasteiger partial charge in [0, 0.05) is 38.5 Å². The van der Waals surface area contributed by atoms with Crippen molar-refractivity contribution in [2.45, 2.75) is 59.4 Å². The first-order valence-corrected chi connectivity index (χ1v) is 10.6. The molecule has 0 heterocycles.